The molecule has 4 rings (SSSR count). The maximum Gasteiger partial charge on any atom is 0.224 e. The van der Waals surface area contributed by atoms with E-state index in [2.05, 4.69) is 37.4 Å². The van der Waals surface area contributed by atoms with Crippen LogP contribution >= 0.6 is 11.6 Å². The molecule has 146 valence electrons. The van der Waals surface area contributed by atoms with E-state index < -0.39 is 0 Å². The Balaban J connectivity index is 1.59. The van der Waals surface area contributed by atoms with Gasteiger partial charge in [-0.2, -0.15) is 0 Å². The molecule has 0 aliphatic carbocycles. The highest BCUT2D eigenvalue weighted by atomic mass is 35.5. The predicted octanol–water partition coefficient (Wildman–Crippen LogP) is 5.17. The first-order chi connectivity index (χ1) is 14.1. The summed E-state index contributed by atoms with van der Waals surface area (Å²) in [6, 6.07) is 17.8. The number of aromatic amines is 1. The number of halogens is 1. The number of nitrogens with one attached hydrogen (secondary N) is 2. The van der Waals surface area contributed by atoms with E-state index in [1.54, 1.807) is 13.3 Å². The van der Waals surface area contributed by atoms with E-state index in [0.717, 1.165) is 34.0 Å². The van der Waals surface area contributed by atoms with Crippen LogP contribution in [0.25, 0.3) is 11.4 Å². The van der Waals surface area contributed by atoms with Crippen LogP contribution in [-0.2, 0) is 6.42 Å². The van der Waals surface area contributed by atoms with Gasteiger partial charge in [0, 0.05) is 36.1 Å². The summed E-state index contributed by atoms with van der Waals surface area (Å²) in [7, 11) is 1.64. The third-order valence-electron chi connectivity index (χ3n) is 4.41. The van der Waals surface area contributed by atoms with Gasteiger partial charge in [-0.15, -0.1) is 0 Å². The number of hydrogen-bond acceptors (Lipinski definition) is 5. The van der Waals surface area contributed by atoms with Crippen LogP contribution in [0.3, 0.4) is 0 Å². The maximum atomic E-state index is 6.15. The van der Waals surface area contributed by atoms with E-state index in [1.165, 1.54) is 0 Å². The largest absolute Gasteiger partial charge is 0.496 e. The molecule has 0 unspecified atom stereocenters. The number of H-pyrrole nitrogens is 1. The summed E-state index contributed by atoms with van der Waals surface area (Å²) in [4.78, 5) is 16.2. The zero-order valence-electron chi connectivity index (χ0n) is 16.1. The fourth-order valence-electron chi connectivity index (χ4n) is 3.09. The van der Waals surface area contributed by atoms with Crippen molar-refractivity contribution in [1.29, 1.82) is 0 Å². The molecule has 0 bridgehead atoms. The summed E-state index contributed by atoms with van der Waals surface area (Å²) >= 11 is 6.15. The highest BCUT2D eigenvalue weighted by Gasteiger charge is 2.11. The summed E-state index contributed by atoms with van der Waals surface area (Å²) < 4.78 is 5.56. The first-order valence-corrected chi connectivity index (χ1v) is 9.53. The van der Waals surface area contributed by atoms with Crippen molar-refractivity contribution >= 4 is 23.1 Å². The Kier molecular flexibility index (Phi) is 5.44. The predicted molar refractivity (Wildman–Crippen MR) is 115 cm³/mol. The molecular formula is C22H20ClN5O. The fourth-order valence-corrected chi connectivity index (χ4v) is 3.29. The van der Waals surface area contributed by atoms with E-state index in [0.29, 0.717) is 18.0 Å². The molecule has 2 N–H and O–H groups in total. The summed E-state index contributed by atoms with van der Waals surface area (Å²) in [6.07, 6.45) is 2.47. The number of aromatic nitrogens is 4. The van der Waals surface area contributed by atoms with E-state index in [9.17, 15) is 0 Å². The average molecular weight is 406 g/mol. The topological polar surface area (TPSA) is 75.7 Å². The van der Waals surface area contributed by atoms with Gasteiger partial charge >= 0.3 is 0 Å². The molecule has 2 heterocycles. The Bertz CT molecular complexity index is 1130. The van der Waals surface area contributed by atoms with Crippen LogP contribution < -0.4 is 10.1 Å². The molecule has 29 heavy (non-hydrogen) atoms. The molecule has 7 heteroatoms. The van der Waals surface area contributed by atoms with Gasteiger partial charge in [-0.3, -0.25) is 0 Å². The van der Waals surface area contributed by atoms with Gasteiger partial charge in [0.25, 0.3) is 0 Å². The lowest BCUT2D eigenvalue weighted by molar-refractivity contribution is 0.416. The first kappa shape index (κ1) is 19.0. The standard InChI is InChI=1S/C22H20ClN5O/c1-14-13-24-21(25-14)18-9-8-16(11-19(18)29-2)26-20-12-17(27-22(23)28-20)10-15-6-4-3-5-7-15/h3-9,11-13H,10H2,1-2H3,(H,24,25)(H,26,27,28). The average Bonchev–Trinajstić information content (AvgIpc) is 3.14. The van der Waals surface area contributed by atoms with E-state index >= 15 is 0 Å². The normalized spacial score (nSPS) is 10.7. The molecule has 0 aliphatic rings. The molecule has 0 spiro atoms. The first-order valence-electron chi connectivity index (χ1n) is 9.15. The number of nitrogens with zero attached hydrogens (tertiary/aromatic N) is 3. The number of ether oxygens (including phenoxy) is 1. The van der Waals surface area contributed by atoms with Gasteiger partial charge in [-0.1, -0.05) is 30.3 Å². The van der Waals surface area contributed by atoms with Crippen molar-refractivity contribution in [3.63, 3.8) is 0 Å². The summed E-state index contributed by atoms with van der Waals surface area (Å²) in [5.41, 5.74) is 4.71. The molecule has 0 fully saturated rings. The lowest BCUT2D eigenvalue weighted by Crippen LogP contribution is -2.00. The van der Waals surface area contributed by atoms with Crippen molar-refractivity contribution in [2.45, 2.75) is 13.3 Å². The fraction of sp³-hybridized carbons (Fsp3) is 0.136. The molecule has 2 aromatic heterocycles. The van der Waals surface area contributed by atoms with Gasteiger partial charge in [0.15, 0.2) is 0 Å². The molecule has 0 atom stereocenters. The van der Waals surface area contributed by atoms with Gasteiger partial charge in [0.05, 0.1) is 18.4 Å². The van der Waals surface area contributed by atoms with E-state index in [-0.39, 0.29) is 5.28 Å². The molecule has 0 aliphatic heterocycles. The maximum absolute atomic E-state index is 6.15. The molecule has 2 aromatic carbocycles. The van der Waals surface area contributed by atoms with Crippen molar-refractivity contribution in [1.82, 2.24) is 19.9 Å². The zero-order chi connectivity index (χ0) is 20.2. The van der Waals surface area contributed by atoms with Crippen LogP contribution in [0.5, 0.6) is 5.75 Å². The van der Waals surface area contributed by atoms with Gasteiger partial charge in [0.1, 0.15) is 17.4 Å². The summed E-state index contributed by atoms with van der Waals surface area (Å²) in [5, 5.41) is 3.49. The Morgan fingerprint density at radius 3 is 2.62 bits per heavy atom. The number of hydrogen-bond donors (Lipinski definition) is 2. The van der Waals surface area contributed by atoms with Crippen LogP contribution in [0.1, 0.15) is 17.0 Å². The van der Waals surface area contributed by atoms with Crippen LogP contribution in [0, 0.1) is 6.92 Å². The number of benzene rings is 2. The molecular weight excluding hydrogens is 386 g/mol. The number of methoxy groups -OCH3 is 1. The van der Waals surface area contributed by atoms with E-state index in [4.69, 9.17) is 16.3 Å². The Hall–Kier alpha value is -3.38. The molecule has 0 amide bonds. The highest BCUT2D eigenvalue weighted by molar-refractivity contribution is 6.28. The second-order valence-electron chi connectivity index (χ2n) is 6.63. The minimum absolute atomic E-state index is 0.204. The van der Waals surface area contributed by atoms with Crippen LogP contribution in [-0.4, -0.2) is 27.0 Å². The van der Waals surface area contributed by atoms with Gasteiger partial charge in [-0.05, 0) is 36.2 Å². The Morgan fingerprint density at radius 2 is 1.90 bits per heavy atom. The third-order valence-corrected chi connectivity index (χ3v) is 4.58. The molecule has 6 nitrogen and oxygen atoms in total. The van der Waals surface area contributed by atoms with Crippen LogP contribution in [0.4, 0.5) is 11.5 Å². The van der Waals surface area contributed by atoms with Crippen molar-refractivity contribution in [2.24, 2.45) is 0 Å². The number of anilines is 2. The van der Waals surface area contributed by atoms with Crippen LogP contribution in [0.2, 0.25) is 5.28 Å². The van der Waals surface area contributed by atoms with Crippen molar-refractivity contribution in [3.05, 3.63) is 83.0 Å². The lowest BCUT2D eigenvalue weighted by Gasteiger charge is -2.12. The number of imidazole rings is 1. The SMILES string of the molecule is COc1cc(Nc2cc(Cc3ccccc3)nc(Cl)n2)ccc1-c1ncc(C)[nH]1. The van der Waals surface area contributed by atoms with E-state index in [1.807, 2.05) is 49.4 Å². The van der Waals surface area contributed by atoms with Crippen molar-refractivity contribution in [2.75, 3.05) is 12.4 Å². The Morgan fingerprint density at radius 1 is 1.07 bits per heavy atom. The summed E-state index contributed by atoms with van der Waals surface area (Å²) in [5.74, 6) is 2.09. The van der Waals surface area contributed by atoms with Crippen LogP contribution in [0.15, 0.2) is 60.8 Å². The quantitative estimate of drug-likeness (QED) is 0.433. The monoisotopic (exact) mass is 405 g/mol. The minimum Gasteiger partial charge on any atom is -0.496 e. The smallest absolute Gasteiger partial charge is 0.224 e. The second-order valence-corrected chi connectivity index (χ2v) is 6.97. The molecule has 0 saturated heterocycles. The van der Waals surface area contributed by atoms with Crippen molar-refractivity contribution < 1.29 is 4.74 Å². The summed E-state index contributed by atoms with van der Waals surface area (Å²) in [6.45, 7) is 1.96. The third kappa shape index (κ3) is 4.55. The van der Waals surface area contributed by atoms with Gasteiger partial charge in [0.2, 0.25) is 5.28 Å². The molecule has 0 saturated carbocycles. The Labute approximate surface area is 174 Å². The van der Waals surface area contributed by atoms with Gasteiger partial charge < -0.3 is 15.0 Å². The zero-order valence-corrected chi connectivity index (χ0v) is 16.9. The minimum atomic E-state index is 0.204. The lowest BCUT2D eigenvalue weighted by atomic mass is 10.1. The number of rotatable bonds is 6. The molecule has 4 aromatic rings. The highest BCUT2D eigenvalue weighted by Crippen LogP contribution is 2.31. The number of aryl methyl sites for hydroxylation is 1. The van der Waals surface area contributed by atoms with Crippen molar-refractivity contribution in [3.8, 4) is 17.1 Å². The molecule has 0 radical (unpaired) electrons. The second kappa shape index (κ2) is 8.32. The van der Waals surface area contributed by atoms with Gasteiger partial charge in [-0.25, -0.2) is 15.0 Å².